The van der Waals surface area contributed by atoms with Crippen LogP contribution >= 0.6 is 0 Å². The number of rotatable bonds is 8. The molecular weight excluding hydrogens is 380 g/mol. The molecule has 30 heavy (non-hydrogen) atoms. The van der Waals surface area contributed by atoms with Gasteiger partial charge in [-0.3, -0.25) is 4.79 Å². The minimum absolute atomic E-state index is 0.0197. The Kier molecular flexibility index (Phi) is 7.00. The Hall–Kier alpha value is -3.86. The molecule has 0 unspecified atom stereocenters. The molecule has 0 amide bonds. The van der Waals surface area contributed by atoms with E-state index in [0.717, 1.165) is 0 Å². The van der Waals surface area contributed by atoms with Crippen molar-refractivity contribution in [2.24, 2.45) is 0 Å². The Morgan fingerprint density at radius 3 is 2.17 bits per heavy atom. The molecule has 0 aromatic heterocycles. The van der Waals surface area contributed by atoms with Crippen LogP contribution in [-0.4, -0.2) is 30.1 Å². The van der Waals surface area contributed by atoms with E-state index in [1.165, 1.54) is 6.07 Å². The molecule has 3 aromatic carbocycles. The maximum atomic E-state index is 12.8. The van der Waals surface area contributed by atoms with E-state index in [1.54, 1.807) is 54.6 Å². The van der Waals surface area contributed by atoms with Gasteiger partial charge in [-0.2, -0.15) is 0 Å². The van der Waals surface area contributed by atoms with Crippen LogP contribution in [0.15, 0.2) is 78.9 Å². The molecule has 152 valence electrons. The molecular formula is C25H22O5. The van der Waals surface area contributed by atoms with Gasteiger partial charge in [0.15, 0.2) is 23.9 Å². The first kappa shape index (κ1) is 20.9. The van der Waals surface area contributed by atoms with Crippen LogP contribution in [0, 0.1) is 0 Å². The molecule has 1 N–H and O–H groups in total. The predicted octanol–water partition coefficient (Wildman–Crippen LogP) is 4.76. The van der Waals surface area contributed by atoms with Gasteiger partial charge in [0.05, 0.1) is 12.2 Å². The Bertz CT molecular complexity index is 1040. The highest BCUT2D eigenvalue weighted by Gasteiger charge is 2.16. The van der Waals surface area contributed by atoms with Crippen LogP contribution in [0.5, 0.6) is 11.5 Å². The number of benzene rings is 3. The smallest absolute Gasteiger partial charge is 0.339 e. The third kappa shape index (κ3) is 5.35. The highest BCUT2D eigenvalue weighted by Crippen LogP contribution is 2.29. The van der Waals surface area contributed by atoms with Crippen LogP contribution in [0.1, 0.15) is 28.4 Å². The number of ether oxygens (including phenoxy) is 2. The van der Waals surface area contributed by atoms with Gasteiger partial charge in [-0.25, -0.2) is 4.79 Å². The number of hydrogen-bond acceptors (Lipinski definition) is 5. The van der Waals surface area contributed by atoms with Crippen molar-refractivity contribution in [3.05, 3.63) is 95.6 Å². The average Bonchev–Trinajstić information content (AvgIpc) is 2.79. The summed E-state index contributed by atoms with van der Waals surface area (Å²) in [7, 11) is 0. The maximum Gasteiger partial charge on any atom is 0.339 e. The van der Waals surface area contributed by atoms with Crippen LogP contribution in [0.2, 0.25) is 0 Å². The third-order valence-electron chi connectivity index (χ3n) is 4.33. The lowest BCUT2D eigenvalue weighted by atomic mass is 10.0. The number of ketones is 1. The van der Waals surface area contributed by atoms with Crippen LogP contribution in [-0.2, 0) is 9.53 Å². The summed E-state index contributed by atoms with van der Waals surface area (Å²) in [6, 6.07) is 22.5. The maximum absolute atomic E-state index is 12.8. The Morgan fingerprint density at radius 2 is 1.53 bits per heavy atom. The number of carbonyl (C=O) groups excluding carboxylic acids is 2. The van der Waals surface area contributed by atoms with Gasteiger partial charge in [-0.05, 0) is 36.3 Å². The summed E-state index contributed by atoms with van der Waals surface area (Å²) in [5.41, 5.74) is 2.09. The van der Waals surface area contributed by atoms with Crippen LogP contribution in [0.3, 0.4) is 0 Å². The van der Waals surface area contributed by atoms with Gasteiger partial charge in [0.1, 0.15) is 0 Å². The zero-order valence-electron chi connectivity index (χ0n) is 16.6. The topological polar surface area (TPSA) is 72.8 Å². The summed E-state index contributed by atoms with van der Waals surface area (Å²) in [6.45, 7) is 1.86. The number of aromatic hydroxyl groups is 1. The quantitative estimate of drug-likeness (QED) is 0.255. The number of esters is 1. The minimum atomic E-state index is -0.614. The second-order valence-electron chi connectivity index (χ2n) is 6.45. The molecule has 5 nitrogen and oxygen atoms in total. The van der Waals surface area contributed by atoms with E-state index in [2.05, 4.69) is 0 Å². The summed E-state index contributed by atoms with van der Waals surface area (Å²) < 4.78 is 10.7. The molecule has 3 rings (SSSR count). The lowest BCUT2D eigenvalue weighted by Crippen LogP contribution is -2.15. The molecule has 0 heterocycles. The Balaban J connectivity index is 1.86. The molecule has 0 bridgehead atoms. The van der Waals surface area contributed by atoms with E-state index >= 15 is 0 Å². The highest BCUT2D eigenvalue weighted by atomic mass is 16.5. The van der Waals surface area contributed by atoms with E-state index in [1.807, 2.05) is 31.2 Å². The largest absolute Gasteiger partial charge is 0.504 e. The summed E-state index contributed by atoms with van der Waals surface area (Å²) >= 11 is 0. The van der Waals surface area contributed by atoms with Crippen molar-refractivity contribution in [2.45, 2.75) is 6.92 Å². The zero-order chi connectivity index (χ0) is 21.3. The second-order valence-corrected chi connectivity index (χ2v) is 6.45. The van der Waals surface area contributed by atoms with Crippen molar-refractivity contribution in [3.8, 4) is 11.5 Å². The molecule has 0 spiro atoms. The SMILES string of the molecule is CCOc1cc(/C=C(/C(=O)OCC(=O)c2ccccc2)c2ccccc2)ccc1O. The van der Waals surface area contributed by atoms with Gasteiger partial charge in [-0.1, -0.05) is 66.7 Å². The van der Waals surface area contributed by atoms with Gasteiger partial charge in [-0.15, -0.1) is 0 Å². The number of hydrogen-bond donors (Lipinski definition) is 1. The van der Waals surface area contributed by atoms with E-state index in [9.17, 15) is 14.7 Å². The first-order chi connectivity index (χ1) is 14.6. The molecule has 0 aliphatic heterocycles. The van der Waals surface area contributed by atoms with Gasteiger partial charge >= 0.3 is 5.97 Å². The minimum Gasteiger partial charge on any atom is -0.504 e. The predicted molar refractivity (Wildman–Crippen MR) is 115 cm³/mol. The van der Waals surface area contributed by atoms with Gasteiger partial charge in [0.25, 0.3) is 0 Å². The Labute approximate surface area is 175 Å². The van der Waals surface area contributed by atoms with E-state index < -0.39 is 5.97 Å². The van der Waals surface area contributed by atoms with Gasteiger partial charge in [0, 0.05) is 5.56 Å². The van der Waals surface area contributed by atoms with E-state index in [4.69, 9.17) is 9.47 Å². The number of phenols is 1. The third-order valence-corrected chi connectivity index (χ3v) is 4.33. The monoisotopic (exact) mass is 402 g/mol. The molecule has 0 aliphatic carbocycles. The molecule has 0 saturated carbocycles. The lowest BCUT2D eigenvalue weighted by molar-refractivity contribution is -0.135. The first-order valence-electron chi connectivity index (χ1n) is 9.56. The van der Waals surface area contributed by atoms with Crippen molar-refractivity contribution in [1.29, 1.82) is 0 Å². The van der Waals surface area contributed by atoms with E-state index in [0.29, 0.717) is 34.6 Å². The Morgan fingerprint density at radius 1 is 0.900 bits per heavy atom. The molecule has 0 atom stereocenters. The first-order valence-corrected chi connectivity index (χ1v) is 9.56. The van der Waals surface area contributed by atoms with Gasteiger partial charge < -0.3 is 14.6 Å². The lowest BCUT2D eigenvalue weighted by Gasteiger charge is -2.10. The standard InChI is InChI=1S/C25H22O5/c1-2-29-24-16-18(13-14-22(24)26)15-21(19-9-5-3-6-10-19)25(28)30-17-23(27)20-11-7-4-8-12-20/h3-16,26H,2,17H2,1H3/b21-15+. The number of phenolic OH excluding ortho intramolecular Hbond substituents is 1. The molecule has 0 saturated heterocycles. The highest BCUT2D eigenvalue weighted by molar-refractivity contribution is 6.22. The van der Waals surface area contributed by atoms with Crippen molar-refractivity contribution in [2.75, 3.05) is 13.2 Å². The number of carbonyl (C=O) groups is 2. The summed E-state index contributed by atoms with van der Waals surface area (Å²) in [5, 5.41) is 9.91. The van der Waals surface area contributed by atoms with Crippen molar-refractivity contribution in [3.63, 3.8) is 0 Å². The molecule has 3 aromatic rings. The fraction of sp³-hybridized carbons (Fsp3) is 0.120. The summed E-state index contributed by atoms with van der Waals surface area (Å²) in [6.07, 6.45) is 1.65. The van der Waals surface area contributed by atoms with Crippen molar-refractivity contribution in [1.82, 2.24) is 0 Å². The number of Topliss-reactive ketones (excluding diaryl/α,β-unsaturated/α-hetero) is 1. The fourth-order valence-electron chi connectivity index (χ4n) is 2.85. The van der Waals surface area contributed by atoms with Crippen molar-refractivity contribution >= 4 is 23.4 Å². The molecule has 0 radical (unpaired) electrons. The average molecular weight is 402 g/mol. The molecule has 0 fully saturated rings. The van der Waals surface area contributed by atoms with Gasteiger partial charge in [0.2, 0.25) is 0 Å². The van der Waals surface area contributed by atoms with Crippen LogP contribution in [0.4, 0.5) is 0 Å². The molecule has 5 heteroatoms. The van der Waals surface area contributed by atoms with E-state index in [-0.39, 0.29) is 18.1 Å². The van der Waals surface area contributed by atoms with Crippen LogP contribution in [0.25, 0.3) is 11.6 Å². The van der Waals surface area contributed by atoms with Crippen LogP contribution < -0.4 is 4.74 Å². The molecule has 0 aliphatic rings. The fourth-order valence-corrected chi connectivity index (χ4v) is 2.85. The second kappa shape index (κ2) is 10.1. The van der Waals surface area contributed by atoms with Crippen molar-refractivity contribution < 1.29 is 24.2 Å². The summed E-state index contributed by atoms with van der Waals surface area (Å²) in [4.78, 5) is 25.1. The normalized spacial score (nSPS) is 11.0. The zero-order valence-corrected chi connectivity index (χ0v) is 16.6. The summed E-state index contributed by atoms with van der Waals surface area (Å²) in [5.74, 6) is -0.547.